The molecule has 0 spiro atoms. The van der Waals surface area contributed by atoms with Crippen LogP contribution >= 0.6 is 0 Å². The number of rotatable bonds is 8. The van der Waals surface area contributed by atoms with Gasteiger partial charge in [0.15, 0.2) is 0 Å². The number of oxazole rings is 1. The third-order valence-electron chi connectivity index (χ3n) is 9.08. The smallest absolute Gasteiger partial charge is 0.264 e. The minimum atomic E-state index is -1.03. The molecule has 246 valence electrons. The third kappa shape index (κ3) is 5.85. The third-order valence-corrected chi connectivity index (χ3v) is 9.08. The first kappa shape index (κ1) is 31.0. The van der Waals surface area contributed by atoms with E-state index in [2.05, 4.69) is 20.7 Å². The summed E-state index contributed by atoms with van der Waals surface area (Å²) < 4.78 is 21.3. The molecule has 0 aliphatic carbocycles. The quantitative estimate of drug-likeness (QED) is 0.272. The average molecular weight is 654 g/mol. The van der Waals surface area contributed by atoms with Crippen LogP contribution in [0.1, 0.15) is 69.5 Å². The molecule has 2 aromatic heterocycles. The summed E-state index contributed by atoms with van der Waals surface area (Å²) >= 11 is 0. The summed E-state index contributed by atoms with van der Waals surface area (Å²) in [5, 5.41) is 10.00. The van der Waals surface area contributed by atoms with Gasteiger partial charge in [-0.25, -0.2) is 9.37 Å². The second-order valence-corrected chi connectivity index (χ2v) is 12.2. The largest absolute Gasteiger partial charge is 0.441 e. The minimum absolute atomic E-state index is 0.0524. The van der Waals surface area contributed by atoms with Gasteiger partial charge in [0, 0.05) is 49.1 Å². The zero-order chi connectivity index (χ0) is 33.5. The second-order valence-electron chi connectivity index (χ2n) is 12.2. The summed E-state index contributed by atoms with van der Waals surface area (Å²) in [5.41, 5.74) is 2.77. The van der Waals surface area contributed by atoms with E-state index in [1.807, 2.05) is 15.8 Å². The number of amides is 5. The molecule has 0 bridgehead atoms. The number of benzene rings is 2. The van der Waals surface area contributed by atoms with Crippen LogP contribution in [0, 0.1) is 12.7 Å². The molecule has 4 aromatic rings. The van der Waals surface area contributed by atoms with Crippen molar-refractivity contribution in [2.75, 3.05) is 18.4 Å². The molecule has 14 heteroatoms. The number of halogens is 1. The van der Waals surface area contributed by atoms with Crippen molar-refractivity contribution < 1.29 is 32.8 Å². The molecule has 5 heterocycles. The Morgan fingerprint density at radius 3 is 2.62 bits per heavy atom. The van der Waals surface area contributed by atoms with Crippen molar-refractivity contribution in [1.82, 2.24) is 29.9 Å². The molecule has 2 N–H and O–H groups in total. The van der Waals surface area contributed by atoms with Gasteiger partial charge in [-0.05, 0) is 56.5 Å². The van der Waals surface area contributed by atoms with E-state index in [1.165, 1.54) is 12.1 Å². The van der Waals surface area contributed by atoms with E-state index in [1.54, 1.807) is 43.5 Å². The summed E-state index contributed by atoms with van der Waals surface area (Å²) in [6, 6.07) is 9.97. The molecule has 2 fully saturated rings. The number of likely N-dealkylation sites (tertiary alicyclic amines) is 1. The SMILES string of the molecule is Cc1oc(-c2cccc(F)c2)nc1CC(=O)N1CCC(n2cc(CNc3cccc4c3C(=O)N(C3CCC(=O)NC3=O)C4=O)cn2)CC1. The number of aromatic nitrogens is 3. The van der Waals surface area contributed by atoms with Gasteiger partial charge >= 0.3 is 0 Å². The van der Waals surface area contributed by atoms with Gasteiger partial charge in [0.05, 0.1) is 35.5 Å². The number of carbonyl (C=O) groups is 5. The Morgan fingerprint density at radius 2 is 1.85 bits per heavy atom. The van der Waals surface area contributed by atoms with Crippen molar-refractivity contribution in [3.05, 3.63) is 88.8 Å². The molecule has 0 radical (unpaired) electrons. The molecule has 7 rings (SSSR count). The number of nitrogens with one attached hydrogen (secondary N) is 2. The summed E-state index contributed by atoms with van der Waals surface area (Å²) in [6.07, 6.45) is 5.32. The van der Waals surface area contributed by atoms with Crippen LogP contribution in [0.15, 0.2) is 59.3 Å². The van der Waals surface area contributed by atoms with Gasteiger partial charge in [-0.15, -0.1) is 0 Å². The fourth-order valence-corrected chi connectivity index (χ4v) is 6.50. The molecular formula is C34H32FN7O6. The Kier molecular flexibility index (Phi) is 8.07. The number of anilines is 1. The summed E-state index contributed by atoms with van der Waals surface area (Å²) in [4.78, 5) is 70.8. The molecule has 13 nitrogen and oxygen atoms in total. The molecule has 2 saturated heterocycles. The molecule has 5 amide bonds. The first-order chi connectivity index (χ1) is 23.2. The summed E-state index contributed by atoms with van der Waals surface area (Å²) in [6.45, 7) is 3.19. The van der Waals surface area contributed by atoms with E-state index >= 15 is 0 Å². The van der Waals surface area contributed by atoms with Gasteiger partial charge in [-0.3, -0.25) is 38.9 Å². The van der Waals surface area contributed by atoms with E-state index in [0.29, 0.717) is 55.2 Å². The Bertz CT molecular complexity index is 1960. The van der Waals surface area contributed by atoms with Crippen molar-refractivity contribution in [1.29, 1.82) is 0 Å². The molecular weight excluding hydrogens is 621 g/mol. The first-order valence-electron chi connectivity index (χ1n) is 15.8. The Hall–Kier alpha value is -5.66. The second kappa shape index (κ2) is 12.5. The van der Waals surface area contributed by atoms with Gasteiger partial charge in [0.2, 0.25) is 23.6 Å². The zero-order valence-electron chi connectivity index (χ0n) is 26.1. The summed E-state index contributed by atoms with van der Waals surface area (Å²) in [7, 11) is 0. The van der Waals surface area contributed by atoms with Crippen LogP contribution in [0.25, 0.3) is 11.5 Å². The maximum atomic E-state index is 13.6. The van der Waals surface area contributed by atoms with Crippen LogP contribution in [0.4, 0.5) is 10.1 Å². The summed E-state index contributed by atoms with van der Waals surface area (Å²) in [5.74, 6) is -1.85. The number of carbonyl (C=O) groups excluding carboxylic acids is 5. The average Bonchev–Trinajstić information content (AvgIpc) is 3.77. The molecule has 1 unspecified atom stereocenters. The molecule has 0 saturated carbocycles. The van der Waals surface area contributed by atoms with Crippen molar-refractivity contribution in [3.8, 4) is 11.5 Å². The predicted molar refractivity (Wildman–Crippen MR) is 168 cm³/mol. The highest BCUT2D eigenvalue weighted by Gasteiger charge is 2.45. The highest BCUT2D eigenvalue weighted by atomic mass is 19.1. The normalized spacial score (nSPS) is 18.3. The molecule has 3 aliphatic heterocycles. The monoisotopic (exact) mass is 653 g/mol. The number of aryl methyl sites for hydroxylation is 1. The van der Waals surface area contributed by atoms with Crippen LogP contribution < -0.4 is 10.6 Å². The van der Waals surface area contributed by atoms with Gasteiger partial charge < -0.3 is 14.6 Å². The maximum absolute atomic E-state index is 13.6. The Morgan fingerprint density at radius 1 is 1.06 bits per heavy atom. The number of hydrogen-bond acceptors (Lipinski definition) is 9. The Labute approximate surface area is 274 Å². The number of nitrogens with zero attached hydrogens (tertiary/aromatic N) is 5. The van der Waals surface area contributed by atoms with Crippen LogP contribution in [0.5, 0.6) is 0 Å². The number of piperidine rings is 2. The van der Waals surface area contributed by atoms with Gasteiger partial charge in [-0.2, -0.15) is 5.10 Å². The standard InChI is InChI=1S/C34H32FN7O6/c1-19-26(38-32(48-19)21-4-2-5-22(35)14-21)15-29(44)40-12-10-23(11-13-40)41-18-20(17-37-41)16-36-25-7-3-6-24-30(25)34(47)42(33(24)46)27-8-9-28(43)39-31(27)45/h2-7,14,17-18,23,27,36H,8-13,15-16H2,1H3,(H,39,43,45). The van der Waals surface area contributed by atoms with Crippen molar-refractivity contribution in [3.63, 3.8) is 0 Å². The molecule has 1 atom stereocenters. The minimum Gasteiger partial charge on any atom is -0.441 e. The van der Waals surface area contributed by atoms with Crippen molar-refractivity contribution >= 4 is 35.2 Å². The molecule has 48 heavy (non-hydrogen) atoms. The van der Waals surface area contributed by atoms with Crippen molar-refractivity contribution in [2.24, 2.45) is 0 Å². The lowest BCUT2D eigenvalue weighted by molar-refractivity contribution is -0.136. The number of hydrogen-bond donors (Lipinski definition) is 2. The van der Waals surface area contributed by atoms with Crippen LogP contribution in [0.2, 0.25) is 0 Å². The lowest BCUT2D eigenvalue weighted by atomic mass is 10.0. The van der Waals surface area contributed by atoms with Crippen LogP contribution in [-0.2, 0) is 27.3 Å². The van der Waals surface area contributed by atoms with E-state index in [0.717, 1.165) is 10.5 Å². The maximum Gasteiger partial charge on any atom is 0.264 e. The predicted octanol–water partition coefficient (Wildman–Crippen LogP) is 3.41. The first-order valence-corrected chi connectivity index (χ1v) is 15.8. The highest BCUT2D eigenvalue weighted by Crippen LogP contribution is 2.33. The number of fused-ring (bicyclic) bond motifs is 1. The van der Waals surface area contributed by atoms with Gasteiger partial charge in [0.1, 0.15) is 17.6 Å². The van der Waals surface area contributed by atoms with E-state index in [9.17, 15) is 28.4 Å². The van der Waals surface area contributed by atoms with E-state index in [4.69, 9.17) is 4.42 Å². The van der Waals surface area contributed by atoms with E-state index in [-0.39, 0.29) is 48.2 Å². The lowest BCUT2D eigenvalue weighted by Crippen LogP contribution is -2.54. The van der Waals surface area contributed by atoms with Crippen LogP contribution in [0.3, 0.4) is 0 Å². The number of imide groups is 2. The van der Waals surface area contributed by atoms with Crippen LogP contribution in [-0.4, -0.2) is 73.2 Å². The highest BCUT2D eigenvalue weighted by molar-refractivity contribution is 6.25. The van der Waals surface area contributed by atoms with Gasteiger partial charge in [0.25, 0.3) is 11.8 Å². The molecule has 3 aliphatic rings. The zero-order valence-corrected chi connectivity index (χ0v) is 26.1. The van der Waals surface area contributed by atoms with Gasteiger partial charge in [-0.1, -0.05) is 12.1 Å². The fourth-order valence-electron chi connectivity index (χ4n) is 6.50. The topological polar surface area (TPSA) is 160 Å². The Balaban J connectivity index is 0.942. The molecule has 2 aromatic carbocycles. The van der Waals surface area contributed by atoms with Crippen molar-refractivity contribution in [2.45, 2.75) is 57.7 Å². The fraction of sp³-hybridized carbons (Fsp3) is 0.324. The lowest BCUT2D eigenvalue weighted by Gasteiger charge is -2.32. The van der Waals surface area contributed by atoms with E-state index < -0.39 is 35.5 Å².